The van der Waals surface area contributed by atoms with Crippen molar-refractivity contribution in [2.45, 2.75) is 12.1 Å². The molecule has 2 aromatic rings. The molecule has 96 valence electrons. The van der Waals surface area contributed by atoms with Crippen LogP contribution in [0, 0.1) is 21.8 Å². The Kier molecular flexibility index (Phi) is 4.27. The van der Waals surface area contributed by atoms with Crippen molar-refractivity contribution in [1.82, 2.24) is 9.97 Å². The molecule has 4 nitrogen and oxygen atoms in total. The van der Waals surface area contributed by atoms with Crippen LogP contribution in [0.3, 0.4) is 0 Å². The van der Waals surface area contributed by atoms with E-state index in [-0.39, 0.29) is 5.56 Å². The second-order valence-corrected chi connectivity index (χ2v) is 5.80. The number of rotatable bonds is 2. The first kappa shape index (κ1) is 14.1. The molecule has 1 heterocycles. The van der Waals surface area contributed by atoms with E-state index in [0.29, 0.717) is 10.9 Å². The normalized spacial score (nSPS) is 10.2. The fourth-order valence-electron chi connectivity index (χ4n) is 1.77. The lowest BCUT2D eigenvalue weighted by Crippen LogP contribution is -2.15. The van der Waals surface area contributed by atoms with Gasteiger partial charge in [-0.3, -0.25) is 4.79 Å². The zero-order valence-electron chi connectivity index (χ0n) is 10.3. The fraction of sp³-hybridized carbons (Fsp3) is 0.154. The highest BCUT2D eigenvalue weighted by atomic mass is 127. The molecule has 0 unspecified atom stereocenters. The second-order valence-electron chi connectivity index (χ2n) is 3.84. The molecule has 6 heteroatoms. The Morgan fingerprint density at radius 2 is 2.21 bits per heavy atom. The lowest BCUT2D eigenvalue weighted by molar-refractivity contribution is 0.936. The number of thioether (sulfide) groups is 1. The Balaban J connectivity index is 2.86. The van der Waals surface area contributed by atoms with Crippen LogP contribution in [-0.2, 0) is 0 Å². The molecule has 0 aliphatic carbocycles. The number of H-pyrrole nitrogens is 1. The molecule has 0 aliphatic heterocycles. The third kappa shape index (κ3) is 2.67. The van der Waals surface area contributed by atoms with Crippen LogP contribution in [-0.4, -0.2) is 16.2 Å². The summed E-state index contributed by atoms with van der Waals surface area (Å²) in [7, 11) is 0. The van der Waals surface area contributed by atoms with E-state index in [1.807, 2.05) is 37.4 Å². The zero-order chi connectivity index (χ0) is 14.0. The number of aromatic nitrogens is 2. The minimum atomic E-state index is -0.393. The van der Waals surface area contributed by atoms with Crippen LogP contribution in [0.2, 0.25) is 0 Å². The Morgan fingerprint density at radius 3 is 2.79 bits per heavy atom. The van der Waals surface area contributed by atoms with E-state index in [0.717, 1.165) is 14.7 Å². The number of hydrogen-bond acceptors (Lipinski definition) is 4. The maximum atomic E-state index is 11.9. The Morgan fingerprint density at radius 1 is 1.47 bits per heavy atom. The first-order chi connectivity index (χ1) is 9.08. The topological polar surface area (TPSA) is 69.5 Å². The molecular weight excluding hydrogens is 373 g/mol. The first-order valence-corrected chi connectivity index (χ1v) is 7.72. The van der Waals surface area contributed by atoms with Crippen LogP contribution in [0.25, 0.3) is 11.3 Å². The van der Waals surface area contributed by atoms with Gasteiger partial charge in [0.05, 0.1) is 5.69 Å². The van der Waals surface area contributed by atoms with E-state index in [9.17, 15) is 10.1 Å². The number of benzene rings is 1. The van der Waals surface area contributed by atoms with Crippen molar-refractivity contribution >= 4 is 34.4 Å². The van der Waals surface area contributed by atoms with E-state index in [2.05, 4.69) is 32.6 Å². The molecule has 0 aliphatic rings. The zero-order valence-corrected chi connectivity index (χ0v) is 13.3. The first-order valence-electron chi connectivity index (χ1n) is 5.42. The van der Waals surface area contributed by atoms with Crippen LogP contribution in [0.1, 0.15) is 11.1 Å². The number of nitrogens with one attached hydrogen (secondary N) is 1. The molecular formula is C13H10IN3OS. The van der Waals surface area contributed by atoms with Gasteiger partial charge in [-0.2, -0.15) is 5.26 Å². The van der Waals surface area contributed by atoms with E-state index < -0.39 is 5.56 Å². The van der Waals surface area contributed by atoms with Gasteiger partial charge in [0.1, 0.15) is 11.6 Å². The highest BCUT2D eigenvalue weighted by Crippen LogP contribution is 2.29. The summed E-state index contributed by atoms with van der Waals surface area (Å²) in [6.45, 7) is 1.94. The molecule has 0 radical (unpaired) electrons. The van der Waals surface area contributed by atoms with Crippen molar-refractivity contribution in [2.24, 2.45) is 0 Å². The van der Waals surface area contributed by atoms with Crippen molar-refractivity contribution in [3.8, 4) is 17.3 Å². The minimum Gasteiger partial charge on any atom is -0.300 e. The van der Waals surface area contributed by atoms with Gasteiger partial charge in [-0.1, -0.05) is 23.9 Å². The summed E-state index contributed by atoms with van der Waals surface area (Å²) in [6.07, 6.45) is 1.83. The molecule has 0 saturated heterocycles. The average Bonchev–Trinajstić information content (AvgIpc) is 2.38. The van der Waals surface area contributed by atoms with Crippen LogP contribution in [0.15, 0.2) is 28.2 Å². The van der Waals surface area contributed by atoms with Crippen molar-refractivity contribution in [3.05, 3.63) is 43.2 Å². The maximum Gasteiger partial charge on any atom is 0.270 e. The molecule has 0 spiro atoms. The van der Waals surface area contributed by atoms with Gasteiger partial charge in [0.2, 0.25) is 0 Å². The minimum absolute atomic E-state index is 0.0602. The highest BCUT2D eigenvalue weighted by molar-refractivity contribution is 14.1. The highest BCUT2D eigenvalue weighted by Gasteiger charge is 2.16. The van der Waals surface area contributed by atoms with Crippen molar-refractivity contribution in [2.75, 3.05) is 6.26 Å². The molecule has 0 amide bonds. The van der Waals surface area contributed by atoms with Crippen molar-refractivity contribution in [3.63, 3.8) is 0 Å². The number of halogens is 1. The van der Waals surface area contributed by atoms with Crippen molar-refractivity contribution in [1.29, 1.82) is 5.26 Å². The van der Waals surface area contributed by atoms with Gasteiger partial charge in [-0.15, -0.1) is 0 Å². The molecule has 19 heavy (non-hydrogen) atoms. The van der Waals surface area contributed by atoms with E-state index in [1.54, 1.807) is 0 Å². The van der Waals surface area contributed by atoms with Gasteiger partial charge in [0.15, 0.2) is 5.16 Å². The summed E-state index contributed by atoms with van der Waals surface area (Å²) in [6, 6.07) is 7.77. The van der Waals surface area contributed by atoms with Crippen LogP contribution < -0.4 is 5.56 Å². The monoisotopic (exact) mass is 383 g/mol. The maximum absolute atomic E-state index is 11.9. The molecule has 0 fully saturated rings. The summed E-state index contributed by atoms with van der Waals surface area (Å²) in [5, 5.41) is 9.70. The summed E-state index contributed by atoms with van der Waals surface area (Å²) in [5.41, 5.74) is 1.97. The predicted molar refractivity (Wildman–Crippen MR) is 84.2 cm³/mol. The summed E-state index contributed by atoms with van der Waals surface area (Å²) in [5.74, 6) is 0. The molecule has 1 N–H and O–H groups in total. The summed E-state index contributed by atoms with van der Waals surface area (Å²) >= 11 is 3.53. The molecule has 0 atom stereocenters. The largest absolute Gasteiger partial charge is 0.300 e. The lowest BCUT2D eigenvalue weighted by Gasteiger charge is -2.10. The van der Waals surface area contributed by atoms with Gasteiger partial charge in [-0.05, 0) is 47.4 Å². The van der Waals surface area contributed by atoms with E-state index >= 15 is 0 Å². The van der Waals surface area contributed by atoms with Crippen LogP contribution in [0.5, 0.6) is 0 Å². The number of aromatic amines is 1. The standard InChI is InChI=1S/C13H10IN3OS/c1-7-4-3-5-9(14)10(7)11-8(6-15)12(18)17-13(16-11)19-2/h3-5H,1-2H3,(H,16,17,18). The second kappa shape index (κ2) is 5.75. The van der Waals surface area contributed by atoms with Gasteiger partial charge in [0.25, 0.3) is 5.56 Å². The third-order valence-corrected chi connectivity index (χ3v) is 4.14. The SMILES string of the molecule is CSc1nc(-c2c(C)cccc2I)c(C#N)c(=O)[nH]1. The smallest absolute Gasteiger partial charge is 0.270 e. The van der Waals surface area contributed by atoms with Gasteiger partial charge in [0, 0.05) is 9.13 Å². The van der Waals surface area contributed by atoms with Crippen LogP contribution in [0.4, 0.5) is 0 Å². The molecule has 0 bridgehead atoms. The Labute approximate surface area is 128 Å². The molecule has 2 rings (SSSR count). The fourth-order valence-corrected chi connectivity index (χ4v) is 3.03. The number of nitrogens with zero attached hydrogens (tertiary/aromatic N) is 2. The number of aryl methyl sites for hydroxylation is 1. The van der Waals surface area contributed by atoms with E-state index in [1.165, 1.54) is 11.8 Å². The number of hydrogen-bond donors (Lipinski definition) is 1. The van der Waals surface area contributed by atoms with E-state index in [4.69, 9.17) is 0 Å². The van der Waals surface area contributed by atoms with Gasteiger partial charge < -0.3 is 4.98 Å². The van der Waals surface area contributed by atoms with Crippen LogP contribution >= 0.6 is 34.4 Å². The predicted octanol–water partition coefficient (Wildman–Crippen LogP) is 2.94. The summed E-state index contributed by atoms with van der Waals surface area (Å²) < 4.78 is 0.972. The Hall–Kier alpha value is -1.33. The quantitative estimate of drug-likeness (QED) is 0.492. The molecule has 0 saturated carbocycles. The summed E-state index contributed by atoms with van der Waals surface area (Å²) in [4.78, 5) is 18.9. The van der Waals surface area contributed by atoms with Crippen molar-refractivity contribution < 1.29 is 0 Å². The number of nitriles is 1. The lowest BCUT2D eigenvalue weighted by atomic mass is 10.0. The van der Waals surface area contributed by atoms with Gasteiger partial charge >= 0.3 is 0 Å². The third-order valence-electron chi connectivity index (χ3n) is 2.66. The Bertz CT molecular complexity index is 713. The van der Waals surface area contributed by atoms with Gasteiger partial charge in [-0.25, -0.2) is 4.98 Å². The molecule has 1 aromatic heterocycles. The average molecular weight is 383 g/mol. The molecule has 1 aromatic carbocycles.